The molecule has 1 N–H and O–H groups in total. The molecule has 0 aromatic rings. The van der Waals surface area contributed by atoms with Crippen LogP contribution in [0.3, 0.4) is 0 Å². The van der Waals surface area contributed by atoms with Gasteiger partial charge < -0.3 is 36.6 Å². The van der Waals surface area contributed by atoms with Crippen molar-refractivity contribution in [3.63, 3.8) is 0 Å². The lowest BCUT2D eigenvalue weighted by molar-refractivity contribution is -0.869. The average Bonchev–Trinajstić information content (AvgIpc) is 3.18. The summed E-state index contributed by atoms with van der Waals surface area (Å²) in [5.41, 5.74) is 0. The lowest BCUT2D eigenvalue weighted by Crippen LogP contribution is -3.00. The molecule has 2 atom stereocenters. The summed E-state index contributed by atoms with van der Waals surface area (Å²) in [4.78, 5) is 40.1. The van der Waals surface area contributed by atoms with Crippen molar-refractivity contribution < 1.29 is 40.7 Å². The fourth-order valence-electron chi connectivity index (χ4n) is 4.97. The molecule has 0 aromatic heterocycles. The maximum absolute atomic E-state index is 12.6. The molecule has 1 saturated heterocycles. The zero-order chi connectivity index (χ0) is 29.8. The minimum atomic E-state index is -0.461. The minimum absolute atomic E-state index is 0. The highest BCUT2D eigenvalue weighted by Crippen LogP contribution is 2.15. The Balaban J connectivity index is 0.0000160. The van der Waals surface area contributed by atoms with E-state index in [0.717, 1.165) is 19.3 Å². The number of methoxy groups -OCH3 is 1. The molecular weight excluding hydrogens is 544 g/mol. The van der Waals surface area contributed by atoms with Crippen LogP contribution < -0.4 is 17.7 Å². The molecule has 0 aromatic carbocycles. The van der Waals surface area contributed by atoms with Crippen molar-refractivity contribution in [1.29, 1.82) is 0 Å². The molecule has 1 rings (SSSR count). The number of carbonyl (C=O) groups excluding carboxylic acids is 3. The van der Waals surface area contributed by atoms with Crippen LogP contribution in [0.5, 0.6) is 0 Å². The summed E-state index contributed by atoms with van der Waals surface area (Å²) in [6, 6.07) is -0.354. The van der Waals surface area contributed by atoms with E-state index in [1.54, 1.807) is 7.11 Å². The molecule has 0 bridgehead atoms. The molecule has 0 aliphatic carbocycles. The Hall–Kier alpha value is -1.58. The number of unbranched alkanes of at least 4 members (excludes halogenated alkanes) is 12. The Bertz CT molecular complexity index is 719. The molecule has 2 unspecified atom stereocenters. The number of alkyl carbamates (subject to hydrolysis) is 1. The van der Waals surface area contributed by atoms with Gasteiger partial charge >= 0.3 is 12.1 Å². The van der Waals surface area contributed by atoms with Crippen molar-refractivity contribution >= 4 is 18.0 Å². The summed E-state index contributed by atoms with van der Waals surface area (Å²) in [5.74, 6) is -0.165. The van der Waals surface area contributed by atoms with Crippen LogP contribution in [0.4, 0.5) is 9.59 Å². The van der Waals surface area contributed by atoms with Crippen molar-refractivity contribution in [2.75, 3.05) is 61.0 Å². The Kier molecular flexibility index (Phi) is 22.1. The molecule has 1 aliphatic rings. The normalized spacial score (nSPS) is 15.2. The molecule has 10 heteroatoms. The number of nitrogens with one attached hydrogen (secondary N) is 1. The Labute approximate surface area is 257 Å². The van der Waals surface area contributed by atoms with Gasteiger partial charge in [-0.05, 0) is 19.8 Å². The predicted octanol–water partition coefficient (Wildman–Crippen LogP) is 2.96. The van der Waals surface area contributed by atoms with Gasteiger partial charge in [0.25, 0.3) is 5.91 Å². The second-order valence-corrected chi connectivity index (χ2v) is 12.5. The van der Waals surface area contributed by atoms with E-state index in [2.05, 4.69) is 12.2 Å². The van der Waals surface area contributed by atoms with Gasteiger partial charge in [-0.25, -0.2) is 9.59 Å². The number of ether oxygens (including phenoxy) is 2. The molecule has 1 aliphatic heterocycles. The Morgan fingerprint density at radius 2 is 1.41 bits per heavy atom. The van der Waals surface area contributed by atoms with Gasteiger partial charge in [-0.1, -0.05) is 90.4 Å². The Morgan fingerprint density at radius 1 is 0.878 bits per heavy atom. The molecule has 1 fully saturated rings. The van der Waals surface area contributed by atoms with Crippen molar-refractivity contribution in [2.24, 2.45) is 0 Å². The standard InChI is InChI=1S/C31H60N4O5.ClH/c1-7-8-9-10-11-12-13-14-15-16-17-18-19-21-28(27(2)39-6)32-30(37)40-25-20-22-33-26-29(36)34(31(33)38)23-24-35(3,4)5;/h27-28H,7-26H2,1-6H3;1H. The molecule has 242 valence electrons. The second kappa shape index (κ2) is 22.9. The van der Waals surface area contributed by atoms with Crippen LogP contribution in [0.2, 0.25) is 0 Å². The number of hydrogen-bond acceptors (Lipinski definition) is 5. The Morgan fingerprint density at radius 3 is 1.93 bits per heavy atom. The highest BCUT2D eigenvalue weighted by molar-refractivity contribution is 6.01. The molecule has 41 heavy (non-hydrogen) atoms. The highest BCUT2D eigenvalue weighted by Gasteiger charge is 2.36. The molecule has 4 amide bonds. The second-order valence-electron chi connectivity index (χ2n) is 12.5. The van der Waals surface area contributed by atoms with Crippen LogP contribution in [0.15, 0.2) is 0 Å². The van der Waals surface area contributed by atoms with E-state index in [0.29, 0.717) is 30.5 Å². The number of urea groups is 1. The molecule has 9 nitrogen and oxygen atoms in total. The summed E-state index contributed by atoms with van der Waals surface area (Å²) >= 11 is 0. The molecule has 0 spiro atoms. The first kappa shape index (κ1) is 39.4. The fraction of sp³-hybridized carbons (Fsp3) is 0.903. The van der Waals surface area contributed by atoms with E-state index in [9.17, 15) is 14.4 Å². The lowest BCUT2D eigenvalue weighted by Gasteiger charge is -2.26. The number of rotatable bonds is 24. The largest absolute Gasteiger partial charge is 1.00 e. The average molecular weight is 605 g/mol. The summed E-state index contributed by atoms with van der Waals surface area (Å²) in [5, 5.41) is 2.96. The topological polar surface area (TPSA) is 88.2 Å². The zero-order valence-electron chi connectivity index (χ0n) is 27.1. The van der Waals surface area contributed by atoms with Crippen molar-refractivity contribution in [2.45, 2.75) is 122 Å². The van der Waals surface area contributed by atoms with Crippen LogP contribution in [0.1, 0.15) is 110 Å². The third-order valence-corrected chi connectivity index (χ3v) is 7.79. The van der Waals surface area contributed by atoms with E-state index in [1.807, 2.05) is 28.1 Å². The number of imide groups is 1. The number of hydrogen-bond donors (Lipinski definition) is 1. The van der Waals surface area contributed by atoms with E-state index in [-0.39, 0.29) is 49.6 Å². The number of likely N-dealkylation sites (N-methyl/N-ethyl adjacent to an activating group) is 1. The number of nitrogens with zero attached hydrogens (tertiary/aromatic N) is 3. The third kappa shape index (κ3) is 18.5. The van der Waals surface area contributed by atoms with Crippen molar-refractivity contribution in [1.82, 2.24) is 15.1 Å². The third-order valence-electron chi connectivity index (χ3n) is 7.79. The van der Waals surface area contributed by atoms with Gasteiger partial charge in [0.15, 0.2) is 0 Å². The molecule has 0 saturated carbocycles. The maximum Gasteiger partial charge on any atom is 0.407 e. The van der Waals surface area contributed by atoms with Gasteiger partial charge in [0.2, 0.25) is 0 Å². The van der Waals surface area contributed by atoms with Gasteiger partial charge in [-0.15, -0.1) is 0 Å². The summed E-state index contributed by atoms with van der Waals surface area (Å²) < 4.78 is 11.6. The minimum Gasteiger partial charge on any atom is -1.00 e. The van der Waals surface area contributed by atoms with Crippen LogP contribution in [-0.4, -0.2) is 105 Å². The van der Waals surface area contributed by atoms with Gasteiger partial charge in [-0.2, -0.15) is 0 Å². The molecule has 1 heterocycles. The highest BCUT2D eigenvalue weighted by atomic mass is 35.5. The van der Waals surface area contributed by atoms with Crippen LogP contribution in [0, 0.1) is 0 Å². The van der Waals surface area contributed by atoms with E-state index in [1.165, 1.54) is 80.4 Å². The molecule has 0 radical (unpaired) electrons. The van der Waals surface area contributed by atoms with Crippen LogP contribution in [0.25, 0.3) is 0 Å². The first-order valence-electron chi connectivity index (χ1n) is 15.9. The lowest BCUT2D eigenvalue weighted by atomic mass is 10.0. The monoisotopic (exact) mass is 604 g/mol. The fourth-order valence-corrected chi connectivity index (χ4v) is 4.97. The SMILES string of the molecule is CCCCCCCCCCCCCCCC(NC(=O)OCCCN1CC(=O)N(CC[N+](C)(C)C)C1=O)C(C)OC.[Cl-]. The maximum atomic E-state index is 12.6. The first-order valence-corrected chi connectivity index (χ1v) is 15.9. The van der Waals surface area contributed by atoms with E-state index < -0.39 is 6.09 Å². The van der Waals surface area contributed by atoms with E-state index >= 15 is 0 Å². The number of carbonyl (C=O) groups is 3. The summed E-state index contributed by atoms with van der Waals surface area (Å²) in [6.45, 7) is 6.01. The smallest absolute Gasteiger partial charge is 0.407 e. The van der Waals surface area contributed by atoms with Gasteiger partial charge in [0.05, 0.1) is 53.0 Å². The van der Waals surface area contributed by atoms with Gasteiger partial charge in [0, 0.05) is 13.7 Å². The number of quaternary nitrogens is 1. The van der Waals surface area contributed by atoms with Crippen LogP contribution >= 0.6 is 0 Å². The zero-order valence-corrected chi connectivity index (χ0v) is 27.8. The van der Waals surface area contributed by atoms with Crippen molar-refractivity contribution in [3.8, 4) is 0 Å². The molecular formula is C31H61ClN4O5. The summed E-state index contributed by atoms with van der Waals surface area (Å²) in [6.07, 6.45) is 17.8. The van der Waals surface area contributed by atoms with Gasteiger partial charge in [0.1, 0.15) is 6.54 Å². The van der Waals surface area contributed by atoms with Crippen LogP contribution in [-0.2, 0) is 14.3 Å². The van der Waals surface area contributed by atoms with Crippen molar-refractivity contribution in [3.05, 3.63) is 0 Å². The van der Waals surface area contributed by atoms with E-state index in [4.69, 9.17) is 9.47 Å². The number of amides is 4. The van der Waals surface area contributed by atoms with Gasteiger partial charge in [-0.3, -0.25) is 9.69 Å². The quantitative estimate of drug-likeness (QED) is 0.104. The summed E-state index contributed by atoms with van der Waals surface area (Å²) in [7, 11) is 7.75. The number of halogens is 1. The first-order chi connectivity index (χ1) is 19.1. The predicted molar refractivity (Wildman–Crippen MR) is 161 cm³/mol.